The number of aryl methyl sites for hydroxylation is 1. The SMILES string of the molecule is CCC1(CC)c2ccccc2-c2ccc(N(c3ccc4c(c3)C(c3ccccc3)(c3ccccc3)c3cc5ccccc5cc3-4)c3ccccc3C)cc21. The zero-order valence-corrected chi connectivity index (χ0v) is 31.2. The first kappa shape index (κ1) is 32.5. The largest absolute Gasteiger partial charge is 0.310 e. The van der Waals surface area contributed by atoms with Gasteiger partial charge in [0.05, 0.1) is 5.41 Å². The predicted molar refractivity (Wildman–Crippen MR) is 227 cm³/mol. The standard InChI is InChI=1S/C53H43N/c1-4-52(5-2)47-26-16-15-25-43(47)44-30-28-41(34-48(44)52)54(51-27-17-12-18-36(51)3)42-29-31-45-46-32-37-19-13-14-20-38(37)33-49(46)53(50(45)35-42,39-21-8-6-9-22-39)40-23-10-7-11-24-40/h6-35H,4-5H2,1-3H3. The van der Waals surface area contributed by atoms with Crippen molar-refractivity contribution >= 4 is 27.8 Å². The fourth-order valence-corrected chi connectivity index (χ4v) is 10.1. The van der Waals surface area contributed by atoms with E-state index in [4.69, 9.17) is 0 Å². The molecule has 0 aliphatic heterocycles. The van der Waals surface area contributed by atoms with Crippen molar-refractivity contribution in [3.05, 3.63) is 221 Å². The quantitative estimate of drug-likeness (QED) is 0.161. The number of anilines is 3. The molecule has 0 bridgehead atoms. The summed E-state index contributed by atoms with van der Waals surface area (Å²) in [4.78, 5) is 2.51. The molecule has 0 N–H and O–H groups in total. The van der Waals surface area contributed by atoms with Gasteiger partial charge in [-0.25, -0.2) is 0 Å². The van der Waals surface area contributed by atoms with Crippen molar-refractivity contribution in [3.8, 4) is 22.3 Å². The monoisotopic (exact) mass is 693 g/mol. The lowest BCUT2D eigenvalue weighted by atomic mass is 9.67. The Labute approximate surface area is 319 Å². The molecule has 0 unspecified atom stereocenters. The molecule has 54 heavy (non-hydrogen) atoms. The van der Waals surface area contributed by atoms with Gasteiger partial charge in [-0.2, -0.15) is 0 Å². The Kier molecular flexibility index (Phi) is 7.49. The van der Waals surface area contributed by atoms with E-state index in [-0.39, 0.29) is 5.41 Å². The molecule has 0 saturated carbocycles. The van der Waals surface area contributed by atoms with Gasteiger partial charge in [0.15, 0.2) is 0 Å². The van der Waals surface area contributed by atoms with Gasteiger partial charge in [-0.3, -0.25) is 0 Å². The number of fused-ring (bicyclic) bond motifs is 7. The van der Waals surface area contributed by atoms with Crippen molar-refractivity contribution in [1.82, 2.24) is 0 Å². The summed E-state index contributed by atoms with van der Waals surface area (Å²) in [5.41, 5.74) is 17.7. The van der Waals surface area contributed by atoms with Crippen molar-refractivity contribution in [2.75, 3.05) is 4.90 Å². The molecule has 1 heteroatoms. The van der Waals surface area contributed by atoms with Crippen LogP contribution >= 0.6 is 0 Å². The zero-order valence-electron chi connectivity index (χ0n) is 31.2. The van der Waals surface area contributed by atoms with E-state index < -0.39 is 5.41 Å². The molecule has 1 nitrogen and oxygen atoms in total. The smallest absolute Gasteiger partial charge is 0.0714 e. The van der Waals surface area contributed by atoms with Gasteiger partial charge >= 0.3 is 0 Å². The zero-order chi connectivity index (χ0) is 36.4. The summed E-state index contributed by atoms with van der Waals surface area (Å²) in [7, 11) is 0. The molecule has 0 radical (unpaired) electrons. The molecule has 8 aromatic rings. The van der Waals surface area contributed by atoms with Crippen molar-refractivity contribution in [2.24, 2.45) is 0 Å². The highest BCUT2D eigenvalue weighted by atomic mass is 15.1. The van der Waals surface area contributed by atoms with E-state index >= 15 is 0 Å². The van der Waals surface area contributed by atoms with Gasteiger partial charge in [0.1, 0.15) is 0 Å². The maximum Gasteiger partial charge on any atom is 0.0714 e. The van der Waals surface area contributed by atoms with Crippen LogP contribution in [0.4, 0.5) is 17.1 Å². The minimum absolute atomic E-state index is 0.0172. The molecule has 2 aliphatic carbocycles. The fourth-order valence-electron chi connectivity index (χ4n) is 10.1. The minimum atomic E-state index is -0.510. The molecule has 8 aromatic carbocycles. The summed E-state index contributed by atoms with van der Waals surface area (Å²) < 4.78 is 0. The van der Waals surface area contributed by atoms with E-state index in [0.29, 0.717) is 0 Å². The summed E-state index contributed by atoms with van der Waals surface area (Å²) in [6.07, 6.45) is 2.12. The fraction of sp³-hybridized carbons (Fsp3) is 0.132. The van der Waals surface area contributed by atoms with E-state index in [1.807, 2.05) is 0 Å². The molecule has 0 atom stereocenters. The van der Waals surface area contributed by atoms with E-state index in [0.717, 1.165) is 18.5 Å². The second-order valence-electron chi connectivity index (χ2n) is 15.1. The number of benzene rings is 8. The van der Waals surface area contributed by atoms with E-state index in [9.17, 15) is 0 Å². The van der Waals surface area contributed by atoms with Crippen LogP contribution in [-0.4, -0.2) is 0 Å². The van der Waals surface area contributed by atoms with Crippen molar-refractivity contribution in [1.29, 1.82) is 0 Å². The summed E-state index contributed by atoms with van der Waals surface area (Å²) in [5.74, 6) is 0. The first-order valence-corrected chi connectivity index (χ1v) is 19.5. The van der Waals surface area contributed by atoms with Gasteiger partial charge in [-0.15, -0.1) is 0 Å². The third-order valence-electron chi connectivity index (χ3n) is 12.7. The van der Waals surface area contributed by atoms with Gasteiger partial charge in [0, 0.05) is 22.5 Å². The minimum Gasteiger partial charge on any atom is -0.310 e. The number of nitrogens with zero attached hydrogens (tertiary/aromatic N) is 1. The Hall–Kier alpha value is -6.18. The molecule has 0 fully saturated rings. The van der Waals surface area contributed by atoms with Crippen LogP contribution < -0.4 is 4.90 Å². The Morgan fingerprint density at radius 2 is 0.907 bits per heavy atom. The number of para-hydroxylation sites is 1. The molecule has 0 saturated heterocycles. The predicted octanol–water partition coefficient (Wildman–Crippen LogP) is 14.1. The second-order valence-corrected chi connectivity index (χ2v) is 15.1. The molecule has 0 aromatic heterocycles. The molecular formula is C53H43N. The van der Waals surface area contributed by atoms with E-state index in [1.54, 1.807) is 0 Å². The van der Waals surface area contributed by atoms with Gasteiger partial charge in [-0.05, 0) is 134 Å². The molecule has 260 valence electrons. The average Bonchev–Trinajstić information content (AvgIpc) is 3.68. The Morgan fingerprint density at radius 1 is 0.407 bits per heavy atom. The molecular weight excluding hydrogens is 651 g/mol. The Morgan fingerprint density at radius 3 is 1.56 bits per heavy atom. The van der Waals surface area contributed by atoms with Crippen LogP contribution in [0, 0.1) is 6.92 Å². The highest BCUT2D eigenvalue weighted by molar-refractivity contribution is 5.97. The second kappa shape index (κ2) is 12.5. The number of hydrogen-bond acceptors (Lipinski definition) is 1. The highest BCUT2D eigenvalue weighted by Gasteiger charge is 2.47. The maximum atomic E-state index is 2.51. The van der Waals surface area contributed by atoms with Crippen LogP contribution in [0.2, 0.25) is 0 Å². The maximum absolute atomic E-state index is 2.51. The third kappa shape index (κ3) is 4.51. The summed E-state index contributed by atoms with van der Waals surface area (Å²) >= 11 is 0. The number of hydrogen-bond donors (Lipinski definition) is 0. The van der Waals surface area contributed by atoms with Crippen LogP contribution in [0.15, 0.2) is 182 Å². The highest BCUT2D eigenvalue weighted by Crippen LogP contribution is 2.59. The molecule has 2 aliphatic rings. The van der Waals surface area contributed by atoms with Crippen molar-refractivity contribution < 1.29 is 0 Å². The topological polar surface area (TPSA) is 3.24 Å². The average molecular weight is 694 g/mol. The van der Waals surface area contributed by atoms with Crippen LogP contribution in [0.1, 0.15) is 65.6 Å². The summed E-state index contributed by atoms with van der Waals surface area (Å²) in [5, 5.41) is 2.52. The lowest BCUT2D eigenvalue weighted by Gasteiger charge is -2.35. The van der Waals surface area contributed by atoms with Gasteiger partial charge in [0.25, 0.3) is 0 Å². The Balaban J connectivity index is 1.26. The van der Waals surface area contributed by atoms with Crippen LogP contribution in [0.3, 0.4) is 0 Å². The first-order valence-electron chi connectivity index (χ1n) is 19.5. The molecule has 0 heterocycles. The molecule has 0 spiro atoms. The third-order valence-corrected chi connectivity index (χ3v) is 12.7. The molecule has 0 amide bonds. The summed E-state index contributed by atoms with van der Waals surface area (Å²) in [6, 6.07) is 68.4. The van der Waals surface area contributed by atoms with Crippen LogP contribution in [0.25, 0.3) is 33.0 Å². The van der Waals surface area contributed by atoms with E-state index in [2.05, 4.69) is 208 Å². The number of rotatable bonds is 7. The molecule has 10 rings (SSSR count). The lowest BCUT2D eigenvalue weighted by molar-refractivity contribution is 0.490. The van der Waals surface area contributed by atoms with Crippen molar-refractivity contribution in [2.45, 2.75) is 44.4 Å². The lowest BCUT2D eigenvalue weighted by Crippen LogP contribution is -2.28. The first-order chi connectivity index (χ1) is 26.6. The Bertz CT molecular complexity index is 2660. The van der Waals surface area contributed by atoms with Gasteiger partial charge in [-0.1, -0.05) is 153 Å². The van der Waals surface area contributed by atoms with Crippen molar-refractivity contribution in [3.63, 3.8) is 0 Å². The van der Waals surface area contributed by atoms with E-state index in [1.165, 1.54) is 83.3 Å². The van der Waals surface area contributed by atoms with Gasteiger partial charge < -0.3 is 4.90 Å². The normalized spacial score (nSPS) is 14.3. The summed E-state index contributed by atoms with van der Waals surface area (Å²) in [6.45, 7) is 6.95. The van der Waals surface area contributed by atoms with Crippen LogP contribution in [0.5, 0.6) is 0 Å². The van der Waals surface area contributed by atoms with Crippen LogP contribution in [-0.2, 0) is 10.8 Å². The van der Waals surface area contributed by atoms with Gasteiger partial charge in [0.2, 0.25) is 0 Å².